The van der Waals surface area contributed by atoms with E-state index in [1.807, 2.05) is 23.5 Å². The van der Waals surface area contributed by atoms with Crippen molar-refractivity contribution in [2.75, 3.05) is 18.6 Å². The van der Waals surface area contributed by atoms with Gasteiger partial charge in [0.2, 0.25) is 0 Å². The Kier molecular flexibility index (Phi) is 4.41. The summed E-state index contributed by atoms with van der Waals surface area (Å²) in [6.45, 7) is 9.84. The molecule has 1 heterocycles. The lowest BCUT2D eigenvalue weighted by Crippen LogP contribution is -2.46. The first kappa shape index (κ1) is 13.2. The van der Waals surface area contributed by atoms with Crippen LogP contribution in [0.5, 0.6) is 0 Å². The summed E-state index contributed by atoms with van der Waals surface area (Å²) < 4.78 is 0.247. The van der Waals surface area contributed by atoms with E-state index >= 15 is 0 Å². The number of hydrogen-bond acceptors (Lipinski definition) is 3. The maximum Gasteiger partial charge on any atom is 0.157 e. The molecule has 88 valence electrons. The van der Waals surface area contributed by atoms with Crippen LogP contribution in [0, 0.1) is 0 Å². The molecule has 1 N–H and O–H groups in total. The highest BCUT2D eigenvalue weighted by atomic mass is 32.2. The van der Waals surface area contributed by atoms with Gasteiger partial charge in [-0.2, -0.15) is 11.8 Å². The summed E-state index contributed by atoms with van der Waals surface area (Å²) in [7, 11) is 0. The van der Waals surface area contributed by atoms with E-state index in [2.05, 4.69) is 44.3 Å². The van der Waals surface area contributed by atoms with Gasteiger partial charge < -0.3 is 5.32 Å². The first-order valence-electron chi connectivity index (χ1n) is 5.35. The summed E-state index contributed by atoms with van der Waals surface area (Å²) in [4.78, 5) is 4.67. The Hall–Kier alpha value is 0.170. The first-order valence-corrected chi connectivity index (χ1v) is 7.56. The molecule has 1 fully saturated rings. The zero-order valence-corrected chi connectivity index (χ0v) is 12.0. The molecule has 1 aliphatic heterocycles. The van der Waals surface area contributed by atoms with Crippen molar-refractivity contribution in [1.82, 2.24) is 5.32 Å². The highest BCUT2D eigenvalue weighted by Gasteiger charge is 2.24. The number of nitrogens with one attached hydrogen (secondary N) is 1. The fourth-order valence-electron chi connectivity index (χ4n) is 1.20. The van der Waals surface area contributed by atoms with E-state index in [-0.39, 0.29) is 10.3 Å². The van der Waals surface area contributed by atoms with Gasteiger partial charge in [0.1, 0.15) is 0 Å². The lowest BCUT2D eigenvalue weighted by Gasteiger charge is -2.32. The Morgan fingerprint density at radius 3 is 2.73 bits per heavy atom. The molecule has 0 radical (unpaired) electrons. The number of thioether (sulfide) groups is 2. The van der Waals surface area contributed by atoms with Gasteiger partial charge in [0, 0.05) is 16.0 Å². The van der Waals surface area contributed by atoms with Gasteiger partial charge in [0.25, 0.3) is 0 Å². The van der Waals surface area contributed by atoms with Gasteiger partial charge in [-0.25, -0.2) is 0 Å². The van der Waals surface area contributed by atoms with E-state index in [1.54, 1.807) is 0 Å². The Bertz CT molecular complexity index is 247. The Labute approximate surface area is 102 Å². The molecule has 1 rings (SSSR count). The standard InChI is InChI=1S/C11H22N2S2/c1-10(2)6-7-15-9(13-10)12-8-11(3,4)14-5/h6-8H2,1-5H3,(H,12,13). The maximum absolute atomic E-state index is 4.67. The predicted octanol–water partition coefficient (Wildman–Crippen LogP) is 2.99. The van der Waals surface area contributed by atoms with Crippen molar-refractivity contribution in [2.24, 2.45) is 4.99 Å². The summed E-state index contributed by atoms with van der Waals surface area (Å²) in [6.07, 6.45) is 3.36. The highest BCUT2D eigenvalue weighted by molar-refractivity contribution is 8.13. The molecule has 1 saturated heterocycles. The summed E-state index contributed by atoms with van der Waals surface area (Å²) in [5.74, 6) is 1.18. The third-order valence-corrected chi connectivity index (χ3v) is 4.71. The molecule has 0 aliphatic carbocycles. The van der Waals surface area contributed by atoms with E-state index in [1.165, 1.54) is 12.2 Å². The third-order valence-electron chi connectivity index (χ3n) is 2.57. The van der Waals surface area contributed by atoms with Crippen LogP contribution in [0.4, 0.5) is 0 Å². The fraction of sp³-hybridized carbons (Fsp3) is 0.909. The minimum absolute atomic E-state index is 0.216. The summed E-state index contributed by atoms with van der Waals surface area (Å²) >= 11 is 3.72. The van der Waals surface area contributed by atoms with E-state index in [9.17, 15) is 0 Å². The number of rotatable bonds is 3. The minimum Gasteiger partial charge on any atom is -0.360 e. The normalized spacial score (nSPS) is 23.9. The van der Waals surface area contributed by atoms with Crippen molar-refractivity contribution < 1.29 is 0 Å². The van der Waals surface area contributed by atoms with Crippen LogP contribution in [0.3, 0.4) is 0 Å². The largest absolute Gasteiger partial charge is 0.360 e. The highest BCUT2D eigenvalue weighted by Crippen LogP contribution is 2.24. The molecule has 2 nitrogen and oxygen atoms in total. The molecule has 15 heavy (non-hydrogen) atoms. The molecule has 0 saturated carbocycles. The first-order chi connectivity index (χ1) is 6.85. The number of aliphatic imine (C=N–C) groups is 1. The molecule has 0 aromatic carbocycles. The van der Waals surface area contributed by atoms with E-state index in [0.29, 0.717) is 0 Å². The van der Waals surface area contributed by atoms with Gasteiger partial charge in [0.05, 0.1) is 6.54 Å². The Balaban J connectivity index is 2.53. The summed E-state index contributed by atoms with van der Waals surface area (Å²) in [6, 6.07) is 0. The molecule has 1 aliphatic rings. The van der Waals surface area contributed by atoms with Crippen LogP contribution in [0.25, 0.3) is 0 Å². The van der Waals surface area contributed by atoms with E-state index < -0.39 is 0 Å². The second kappa shape index (κ2) is 5.00. The fourth-order valence-corrected chi connectivity index (χ4v) is 2.71. The van der Waals surface area contributed by atoms with Crippen LogP contribution in [-0.4, -0.2) is 34.0 Å². The average molecular weight is 246 g/mol. The van der Waals surface area contributed by atoms with Crippen molar-refractivity contribution in [3.63, 3.8) is 0 Å². The molecular formula is C11H22N2S2. The lowest BCUT2D eigenvalue weighted by molar-refractivity contribution is 0.446. The molecule has 0 aromatic rings. The quantitative estimate of drug-likeness (QED) is 0.828. The Morgan fingerprint density at radius 1 is 1.53 bits per heavy atom. The molecular weight excluding hydrogens is 224 g/mol. The van der Waals surface area contributed by atoms with Crippen LogP contribution < -0.4 is 5.32 Å². The van der Waals surface area contributed by atoms with Gasteiger partial charge in [0.15, 0.2) is 5.17 Å². The van der Waals surface area contributed by atoms with Gasteiger partial charge in [-0.1, -0.05) is 11.8 Å². The van der Waals surface area contributed by atoms with E-state index in [4.69, 9.17) is 0 Å². The van der Waals surface area contributed by atoms with Gasteiger partial charge in [-0.05, 0) is 40.4 Å². The predicted molar refractivity (Wildman–Crippen MR) is 74.2 cm³/mol. The third kappa shape index (κ3) is 4.68. The maximum atomic E-state index is 4.67. The molecule has 0 unspecified atom stereocenters. The van der Waals surface area contributed by atoms with Gasteiger partial charge in [-0.15, -0.1) is 0 Å². The second-order valence-electron chi connectivity index (χ2n) is 5.19. The molecule has 0 bridgehead atoms. The smallest absolute Gasteiger partial charge is 0.157 e. The van der Waals surface area contributed by atoms with Crippen LogP contribution in [0.1, 0.15) is 34.1 Å². The molecule has 0 spiro atoms. The average Bonchev–Trinajstić information content (AvgIpc) is 2.14. The zero-order valence-electron chi connectivity index (χ0n) is 10.4. The molecule has 4 heteroatoms. The minimum atomic E-state index is 0.216. The van der Waals surface area contributed by atoms with Crippen LogP contribution in [0.15, 0.2) is 4.99 Å². The monoisotopic (exact) mass is 246 g/mol. The van der Waals surface area contributed by atoms with Crippen molar-refractivity contribution in [1.29, 1.82) is 0 Å². The Morgan fingerprint density at radius 2 is 2.20 bits per heavy atom. The number of nitrogens with zero attached hydrogens (tertiary/aromatic N) is 1. The lowest BCUT2D eigenvalue weighted by atomic mass is 10.0. The SMILES string of the molecule is CSC(C)(C)CN=C1NC(C)(C)CCS1. The molecule has 0 atom stereocenters. The van der Waals surface area contributed by atoms with Gasteiger partial charge >= 0.3 is 0 Å². The van der Waals surface area contributed by atoms with Gasteiger partial charge in [-0.3, -0.25) is 4.99 Å². The molecule has 0 amide bonds. The number of hydrogen-bond donors (Lipinski definition) is 1. The number of amidine groups is 1. The van der Waals surface area contributed by atoms with Crippen molar-refractivity contribution in [2.45, 2.75) is 44.4 Å². The second-order valence-corrected chi connectivity index (χ2v) is 7.79. The summed E-state index contributed by atoms with van der Waals surface area (Å²) in [5, 5.41) is 4.61. The van der Waals surface area contributed by atoms with Crippen LogP contribution in [-0.2, 0) is 0 Å². The van der Waals surface area contributed by atoms with Crippen LogP contribution in [0.2, 0.25) is 0 Å². The van der Waals surface area contributed by atoms with E-state index in [0.717, 1.165) is 11.7 Å². The van der Waals surface area contributed by atoms with Crippen molar-refractivity contribution in [3.05, 3.63) is 0 Å². The molecule has 0 aromatic heterocycles. The summed E-state index contributed by atoms with van der Waals surface area (Å²) in [5.41, 5.74) is 0.216. The van der Waals surface area contributed by atoms with Crippen LogP contribution >= 0.6 is 23.5 Å². The van der Waals surface area contributed by atoms with Crippen molar-refractivity contribution in [3.8, 4) is 0 Å². The zero-order chi connectivity index (χ0) is 11.5. The van der Waals surface area contributed by atoms with Crippen molar-refractivity contribution >= 4 is 28.7 Å². The topological polar surface area (TPSA) is 24.4 Å².